The molecule has 1 amide bonds. The second-order valence-corrected chi connectivity index (χ2v) is 2.89. The maximum absolute atomic E-state index is 10.9. The average molecular weight is 128 g/mol. The third-order valence-corrected chi connectivity index (χ3v) is 2.08. The summed E-state index contributed by atoms with van der Waals surface area (Å²) in [6.45, 7) is 4.45. The summed E-state index contributed by atoms with van der Waals surface area (Å²) in [5.74, 6) is 0.222. The molecule has 9 heavy (non-hydrogen) atoms. The van der Waals surface area contributed by atoms with Gasteiger partial charge in [-0.3, -0.25) is 4.79 Å². The molecule has 2 unspecified atom stereocenters. The van der Waals surface area contributed by atoms with Crippen molar-refractivity contribution in [3.63, 3.8) is 0 Å². The van der Waals surface area contributed by atoms with Gasteiger partial charge in [0.15, 0.2) is 0 Å². The van der Waals surface area contributed by atoms with Gasteiger partial charge >= 0.3 is 0 Å². The maximum Gasteiger partial charge on any atom is 0.240 e. The molecular formula is C6H12N2O. The lowest BCUT2D eigenvalue weighted by atomic mass is 9.92. The fourth-order valence-electron chi connectivity index (χ4n) is 0.872. The first-order valence-electron chi connectivity index (χ1n) is 3.12. The molecule has 3 nitrogen and oxygen atoms in total. The molecule has 2 atom stereocenters. The second kappa shape index (κ2) is 1.70. The number of hydrogen-bond donors (Lipinski definition) is 2. The summed E-state index contributed by atoms with van der Waals surface area (Å²) in [5, 5.41) is 2.70. The van der Waals surface area contributed by atoms with Gasteiger partial charge < -0.3 is 11.1 Å². The van der Waals surface area contributed by atoms with Crippen molar-refractivity contribution in [2.75, 3.05) is 6.54 Å². The number of carbonyl (C=O) groups is 1. The molecular weight excluding hydrogens is 116 g/mol. The Balaban J connectivity index is 2.78. The van der Waals surface area contributed by atoms with E-state index in [9.17, 15) is 4.79 Å². The Labute approximate surface area is 54.6 Å². The van der Waals surface area contributed by atoms with E-state index in [-0.39, 0.29) is 11.8 Å². The summed E-state index contributed by atoms with van der Waals surface area (Å²) in [7, 11) is 0. The van der Waals surface area contributed by atoms with Crippen LogP contribution < -0.4 is 11.1 Å². The van der Waals surface area contributed by atoms with Gasteiger partial charge in [-0.05, 0) is 6.92 Å². The molecule has 1 heterocycles. The third kappa shape index (κ3) is 0.812. The molecule has 0 saturated carbocycles. The van der Waals surface area contributed by atoms with Crippen molar-refractivity contribution in [2.24, 2.45) is 11.7 Å². The number of hydrogen-bond acceptors (Lipinski definition) is 2. The van der Waals surface area contributed by atoms with Crippen LogP contribution in [0.25, 0.3) is 0 Å². The highest BCUT2D eigenvalue weighted by molar-refractivity contribution is 5.88. The Morgan fingerprint density at radius 2 is 2.44 bits per heavy atom. The molecule has 0 aromatic rings. The maximum atomic E-state index is 10.9. The van der Waals surface area contributed by atoms with Crippen LogP contribution in [0.5, 0.6) is 0 Å². The van der Waals surface area contributed by atoms with E-state index in [4.69, 9.17) is 5.73 Å². The molecule has 0 aromatic carbocycles. The number of rotatable bonds is 0. The van der Waals surface area contributed by atoms with E-state index < -0.39 is 5.54 Å². The quantitative estimate of drug-likeness (QED) is 0.461. The first kappa shape index (κ1) is 6.55. The van der Waals surface area contributed by atoms with Gasteiger partial charge in [0.1, 0.15) is 0 Å². The molecule has 1 saturated heterocycles. The zero-order valence-electron chi connectivity index (χ0n) is 5.77. The lowest BCUT2D eigenvalue weighted by Crippen LogP contribution is -2.47. The first-order chi connectivity index (χ1) is 4.05. The molecule has 3 N–H and O–H groups in total. The zero-order chi connectivity index (χ0) is 7.07. The van der Waals surface area contributed by atoms with Gasteiger partial charge in [-0.2, -0.15) is 0 Å². The van der Waals surface area contributed by atoms with E-state index in [0.29, 0.717) is 6.54 Å². The van der Waals surface area contributed by atoms with E-state index >= 15 is 0 Å². The minimum atomic E-state index is -0.639. The molecule has 1 fully saturated rings. The Morgan fingerprint density at radius 1 is 1.89 bits per heavy atom. The van der Waals surface area contributed by atoms with Crippen LogP contribution in [0.4, 0.5) is 0 Å². The Bertz CT molecular complexity index is 142. The lowest BCUT2D eigenvalue weighted by Gasteiger charge is -2.18. The zero-order valence-corrected chi connectivity index (χ0v) is 5.77. The van der Waals surface area contributed by atoms with Crippen molar-refractivity contribution in [3.8, 4) is 0 Å². The summed E-state index contributed by atoms with van der Waals surface area (Å²) in [5.41, 5.74) is 5.01. The number of nitrogens with two attached hydrogens (primary N) is 1. The third-order valence-electron chi connectivity index (χ3n) is 2.08. The normalized spacial score (nSPS) is 43.0. The van der Waals surface area contributed by atoms with Crippen molar-refractivity contribution in [2.45, 2.75) is 19.4 Å². The highest BCUT2D eigenvalue weighted by atomic mass is 16.2. The van der Waals surface area contributed by atoms with Crippen LogP contribution in [0, 0.1) is 5.92 Å². The van der Waals surface area contributed by atoms with Crippen molar-refractivity contribution in [1.82, 2.24) is 5.32 Å². The van der Waals surface area contributed by atoms with Crippen LogP contribution in [-0.2, 0) is 4.79 Å². The minimum absolute atomic E-state index is 0.0324. The molecule has 1 rings (SSSR count). The Hall–Kier alpha value is -0.570. The Kier molecular flexibility index (Phi) is 1.24. The molecule has 0 radical (unpaired) electrons. The fraction of sp³-hybridized carbons (Fsp3) is 0.833. The number of nitrogens with one attached hydrogen (secondary N) is 1. The van der Waals surface area contributed by atoms with Gasteiger partial charge in [0.25, 0.3) is 0 Å². The van der Waals surface area contributed by atoms with Crippen LogP contribution in [-0.4, -0.2) is 18.0 Å². The fourth-order valence-corrected chi connectivity index (χ4v) is 0.872. The monoisotopic (exact) mass is 128 g/mol. The summed E-state index contributed by atoms with van der Waals surface area (Å²) in [6, 6.07) is 0. The summed E-state index contributed by atoms with van der Waals surface area (Å²) in [4.78, 5) is 10.9. The summed E-state index contributed by atoms with van der Waals surface area (Å²) in [6.07, 6.45) is 0. The number of amides is 1. The van der Waals surface area contributed by atoms with Crippen LogP contribution in [0.15, 0.2) is 0 Å². The van der Waals surface area contributed by atoms with E-state index in [0.717, 1.165) is 0 Å². The van der Waals surface area contributed by atoms with Crippen LogP contribution in [0.1, 0.15) is 13.8 Å². The predicted molar refractivity (Wildman–Crippen MR) is 34.8 cm³/mol. The van der Waals surface area contributed by atoms with Crippen molar-refractivity contribution in [3.05, 3.63) is 0 Å². The second-order valence-electron chi connectivity index (χ2n) is 2.89. The molecule has 1 aliphatic rings. The molecule has 52 valence electrons. The smallest absolute Gasteiger partial charge is 0.240 e. The summed E-state index contributed by atoms with van der Waals surface area (Å²) >= 11 is 0. The lowest BCUT2D eigenvalue weighted by molar-refractivity contribution is -0.123. The standard InChI is InChI=1S/C6H12N2O/c1-4-3-8-5(9)6(4,2)7/h4H,3,7H2,1-2H3,(H,8,9). The predicted octanol–water partition coefficient (Wildman–Crippen LogP) is -0.530. The minimum Gasteiger partial charge on any atom is -0.354 e. The highest BCUT2D eigenvalue weighted by Crippen LogP contribution is 2.18. The van der Waals surface area contributed by atoms with Gasteiger partial charge in [-0.15, -0.1) is 0 Å². The van der Waals surface area contributed by atoms with E-state index in [1.807, 2.05) is 6.92 Å². The van der Waals surface area contributed by atoms with Crippen LogP contribution in [0.3, 0.4) is 0 Å². The van der Waals surface area contributed by atoms with E-state index in [1.165, 1.54) is 0 Å². The van der Waals surface area contributed by atoms with Gasteiger partial charge in [0.2, 0.25) is 5.91 Å². The number of carbonyl (C=O) groups excluding carboxylic acids is 1. The molecule has 1 aliphatic heterocycles. The molecule has 3 heteroatoms. The Morgan fingerprint density at radius 3 is 2.56 bits per heavy atom. The molecule has 0 bridgehead atoms. The highest BCUT2D eigenvalue weighted by Gasteiger charge is 2.39. The average Bonchev–Trinajstić information content (AvgIpc) is 1.96. The summed E-state index contributed by atoms with van der Waals surface area (Å²) < 4.78 is 0. The van der Waals surface area contributed by atoms with Crippen LogP contribution >= 0.6 is 0 Å². The first-order valence-corrected chi connectivity index (χ1v) is 3.12. The van der Waals surface area contributed by atoms with Gasteiger partial charge in [-0.25, -0.2) is 0 Å². The topological polar surface area (TPSA) is 55.1 Å². The van der Waals surface area contributed by atoms with E-state index in [2.05, 4.69) is 5.32 Å². The van der Waals surface area contributed by atoms with Crippen molar-refractivity contribution in [1.29, 1.82) is 0 Å². The molecule has 0 spiro atoms. The molecule has 0 aromatic heterocycles. The van der Waals surface area contributed by atoms with Gasteiger partial charge in [-0.1, -0.05) is 6.92 Å². The SMILES string of the molecule is CC1CNC(=O)C1(C)N. The van der Waals surface area contributed by atoms with Gasteiger partial charge in [0, 0.05) is 12.5 Å². The van der Waals surface area contributed by atoms with Crippen molar-refractivity contribution >= 4 is 5.91 Å². The largest absolute Gasteiger partial charge is 0.354 e. The molecule has 0 aliphatic carbocycles. The van der Waals surface area contributed by atoms with Gasteiger partial charge in [0.05, 0.1) is 5.54 Å². The van der Waals surface area contributed by atoms with Crippen molar-refractivity contribution < 1.29 is 4.79 Å². The van der Waals surface area contributed by atoms with Crippen LogP contribution in [0.2, 0.25) is 0 Å². The van der Waals surface area contributed by atoms with E-state index in [1.54, 1.807) is 6.92 Å².